The lowest BCUT2D eigenvalue weighted by Crippen LogP contribution is -2.45. The maximum Gasteiger partial charge on any atom is 0.416 e. The van der Waals surface area contributed by atoms with Crippen LogP contribution in [0, 0.1) is 0 Å². The number of rotatable bonds is 7. The van der Waals surface area contributed by atoms with Gasteiger partial charge in [0, 0.05) is 42.6 Å². The number of benzene rings is 4. The lowest BCUT2D eigenvalue weighted by molar-refractivity contribution is -0.186. The number of carbonyl (C=O) groups is 2. The highest BCUT2D eigenvalue weighted by Crippen LogP contribution is 2.52. The van der Waals surface area contributed by atoms with E-state index in [1.54, 1.807) is 25.1 Å². The van der Waals surface area contributed by atoms with E-state index >= 15 is 0 Å². The molecule has 4 atom stereocenters. The monoisotopic (exact) mass is 1160 g/mol. The van der Waals surface area contributed by atoms with E-state index in [0.717, 1.165) is 28.4 Å². The molecule has 3 N–H and O–H groups in total. The fraction of sp³-hybridized carbons (Fsp3) is 0.480. The molecule has 2 aliphatic heterocycles. The standard InChI is InChI=1S/C25H23F9N2O.C13H10F9N.C12H14BrNO/c1-2-21(37)35-20-6-3-14-9-18(4-5-19(14)20)36-8-7-22(13-36,25(32,33)34)15-10-16(23(26,27)28)12-17(11-15)24(29,30)31;14-11(15,16)8-3-7(4-9(5-8)12(17,18)19)10(13(20,21)22)1-2-23-6-10;1-2-12(15)14-11-6-3-8-7-9(13)4-5-10(8)11/h4-5,9-12,20H,2-3,6-8,13H2,1H3,(H,35,37);3-5,23H,1-2,6H2;4-5,7,11H,2-3,6H2,1H3,(H,14,15). The fourth-order valence-electron chi connectivity index (χ4n) is 9.75. The zero-order valence-corrected chi connectivity index (χ0v) is 41.1. The molecule has 75 heavy (non-hydrogen) atoms. The molecule has 2 heterocycles. The van der Waals surface area contributed by atoms with E-state index in [-0.39, 0.29) is 73.4 Å². The Morgan fingerprint density at radius 2 is 0.987 bits per heavy atom. The first-order valence-corrected chi connectivity index (χ1v) is 24.0. The SMILES string of the molecule is CCC(=O)NC1CCc2cc(Br)ccc21.CCC(=O)NC1CCc2cc(N3CCC(c4cc(C(F)(F)F)cc(C(F)(F)F)c4)(C(F)(F)F)C3)ccc21.FC(F)(F)c1cc(C(F)(F)F)cc(C2(C(F)(F)F)CCNC2)c1. The molecule has 2 fully saturated rings. The molecule has 0 aromatic heterocycles. The minimum absolute atomic E-state index is 0.135. The predicted octanol–water partition coefficient (Wildman–Crippen LogP) is 14.4. The molecule has 8 rings (SSSR count). The number of nitrogens with one attached hydrogen (secondary N) is 3. The maximum atomic E-state index is 14.4. The largest absolute Gasteiger partial charge is 0.416 e. The summed E-state index contributed by atoms with van der Waals surface area (Å²) in [6.45, 7) is 1.62. The topological polar surface area (TPSA) is 73.5 Å². The maximum absolute atomic E-state index is 14.4. The van der Waals surface area contributed by atoms with Crippen LogP contribution in [0.15, 0.2) is 77.3 Å². The molecule has 4 unspecified atom stereocenters. The van der Waals surface area contributed by atoms with Crippen molar-refractivity contribution in [1.82, 2.24) is 16.0 Å². The van der Waals surface area contributed by atoms with E-state index in [1.807, 2.05) is 13.0 Å². The van der Waals surface area contributed by atoms with Crippen LogP contribution >= 0.6 is 15.9 Å². The van der Waals surface area contributed by atoms with Gasteiger partial charge in [-0.15, -0.1) is 0 Å². The van der Waals surface area contributed by atoms with E-state index in [9.17, 15) is 88.6 Å². The van der Waals surface area contributed by atoms with Crippen molar-refractivity contribution < 1.29 is 88.6 Å². The summed E-state index contributed by atoms with van der Waals surface area (Å²) in [5, 5.41) is 8.28. The van der Waals surface area contributed by atoms with Crippen molar-refractivity contribution in [3.63, 3.8) is 0 Å². The Kier molecular flexibility index (Phi) is 17.1. The van der Waals surface area contributed by atoms with Crippen LogP contribution in [-0.2, 0) is 58.0 Å². The van der Waals surface area contributed by atoms with Crippen LogP contribution in [0.25, 0.3) is 0 Å². The Hall–Kier alpha value is -5.20. The van der Waals surface area contributed by atoms with Crippen molar-refractivity contribution in [2.75, 3.05) is 31.1 Å². The van der Waals surface area contributed by atoms with Crippen LogP contribution in [0.5, 0.6) is 0 Å². The Morgan fingerprint density at radius 1 is 0.573 bits per heavy atom. The van der Waals surface area contributed by atoms with Crippen molar-refractivity contribution in [1.29, 1.82) is 0 Å². The van der Waals surface area contributed by atoms with Crippen LogP contribution in [0.1, 0.15) is 120 Å². The van der Waals surface area contributed by atoms with Gasteiger partial charge in [-0.1, -0.05) is 41.9 Å². The molecule has 0 saturated carbocycles. The second kappa shape index (κ2) is 21.7. The third-order valence-electron chi connectivity index (χ3n) is 13.9. The van der Waals surface area contributed by atoms with Gasteiger partial charge in [0.05, 0.1) is 34.3 Å². The van der Waals surface area contributed by atoms with Gasteiger partial charge >= 0.3 is 37.1 Å². The summed E-state index contributed by atoms with van der Waals surface area (Å²) in [5.41, 5.74) is -10.2. The number of nitrogens with zero attached hydrogens (tertiary/aromatic N) is 1. The number of hydrogen-bond acceptors (Lipinski definition) is 4. The first-order chi connectivity index (χ1) is 34.5. The Balaban J connectivity index is 0.000000204. The van der Waals surface area contributed by atoms with E-state index in [1.165, 1.54) is 16.0 Å². The molecule has 0 spiro atoms. The quantitative estimate of drug-likeness (QED) is 0.161. The van der Waals surface area contributed by atoms with Crippen LogP contribution in [0.3, 0.4) is 0 Å². The number of hydrogen-bond donors (Lipinski definition) is 3. The molecule has 4 aliphatic rings. The minimum Gasteiger partial charge on any atom is -0.370 e. The molecule has 2 saturated heterocycles. The molecule has 4 aromatic carbocycles. The Labute approximate surface area is 426 Å². The van der Waals surface area contributed by atoms with Crippen molar-refractivity contribution in [2.24, 2.45) is 0 Å². The van der Waals surface area contributed by atoms with E-state index in [0.29, 0.717) is 31.4 Å². The molecule has 6 nitrogen and oxygen atoms in total. The lowest BCUT2D eigenvalue weighted by Gasteiger charge is -2.33. The molecule has 412 valence electrons. The van der Waals surface area contributed by atoms with Gasteiger partial charge < -0.3 is 20.9 Å². The smallest absolute Gasteiger partial charge is 0.370 e. The van der Waals surface area contributed by atoms with Crippen LogP contribution < -0.4 is 20.9 Å². The molecule has 4 aromatic rings. The van der Waals surface area contributed by atoms with Gasteiger partial charge in [0.2, 0.25) is 11.8 Å². The van der Waals surface area contributed by atoms with E-state index in [4.69, 9.17) is 0 Å². The first kappa shape index (κ1) is 59.1. The Morgan fingerprint density at radius 3 is 1.37 bits per heavy atom. The third kappa shape index (κ3) is 13.1. The molecule has 2 aliphatic carbocycles. The highest BCUT2D eigenvalue weighted by molar-refractivity contribution is 9.10. The second-order valence-corrected chi connectivity index (χ2v) is 19.5. The number of carbonyl (C=O) groups excluding carboxylic acids is 2. The van der Waals surface area contributed by atoms with Crippen LogP contribution in [0.2, 0.25) is 0 Å². The molecule has 0 bridgehead atoms. The number of alkyl halides is 18. The van der Waals surface area contributed by atoms with Gasteiger partial charge in [-0.05, 0) is 139 Å². The number of amides is 2. The second-order valence-electron chi connectivity index (χ2n) is 18.6. The van der Waals surface area contributed by atoms with Crippen molar-refractivity contribution in [3.8, 4) is 0 Å². The molecule has 2 amide bonds. The lowest BCUT2D eigenvalue weighted by atomic mass is 9.77. The van der Waals surface area contributed by atoms with Crippen LogP contribution in [-0.4, -0.2) is 50.3 Å². The summed E-state index contributed by atoms with van der Waals surface area (Å²) in [7, 11) is 0. The van der Waals surface area contributed by atoms with Gasteiger partial charge in [-0.25, -0.2) is 0 Å². The number of fused-ring (bicyclic) bond motifs is 2. The number of anilines is 1. The zero-order chi connectivity index (χ0) is 55.9. The zero-order valence-electron chi connectivity index (χ0n) is 39.5. The number of aryl methyl sites for hydroxylation is 2. The minimum atomic E-state index is -5.26. The average Bonchev–Trinajstić information content (AvgIpc) is 4.15. The molecule has 25 heteroatoms. The summed E-state index contributed by atoms with van der Waals surface area (Å²) >= 11 is 3.46. The summed E-state index contributed by atoms with van der Waals surface area (Å²) in [6, 6.07) is 11.5. The van der Waals surface area contributed by atoms with Crippen molar-refractivity contribution in [3.05, 3.63) is 133 Å². The highest BCUT2D eigenvalue weighted by Gasteiger charge is 2.61. The summed E-state index contributed by atoms with van der Waals surface area (Å²) in [4.78, 5) is 24.4. The van der Waals surface area contributed by atoms with Gasteiger partial charge in [-0.2, -0.15) is 79.0 Å². The fourth-order valence-corrected chi connectivity index (χ4v) is 10.2. The summed E-state index contributed by atoms with van der Waals surface area (Å²) < 4.78 is 241. The van der Waals surface area contributed by atoms with Gasteiger partial charge in [0.25, 0.3) is 0 Å². The van der Waals surface area contributed by atoms with Gasteiger partial charge in [0.15, 0.2) is 0 Å². The summed E-state index contributed by atoms with van der Waals surface area (Å²) in [5.74, 6) is -0.00786. The van der Waals surface area contributed by atoms with E-state index in [2.05, 4.69) is 44.0 Å². The normalized spacial score (nSPS) is 21.9. The molecular weight excluding hydrogens is 1110 g/mol. The van der Waals surface area contributed by atoms with Gasteiger partial charge in [0.1, 0.15) is 10.8 Å². The predicted molar refractivity (Wildman–Crippen MR) is 242 cm³/mol. The Bertz CT molecular complexity index is 2640. The number of halogens is 19. The average molecular weight is 1160 g/mol. The van der Waals surface area contributed by atoms with Crippen molar-refractivity contribution in [2.45, 2.75) is 125 Å². The summed E-state index contributed by atoms with van der Waals surface area (Å²) in [6.07, 6.45) is -28.2. The van der Waals surface area contributed by atoms with Gasteiger partial charge in [-0.3, -0.25) is 9.59 Å². The third-order valence-corrected chi connectivity index (χ3v) is 14.3. The highest BCUT2D eigenvalue weighted by atomic mass is 79.9. The first-order valence-electron chi connectivity index (χ1n) is 23.2. The van der Waals surface area contributed by atoms with Crippen molar-refractivity contribution >= 4 is 33.4 Å². The molecular formula is C50H47BrF18N4O2. The van der Waals surface area contributed by atoms with Crippen LogP contribution in [0.4, 0.5) is 84.7 Å². The van der Waals surface area contributed by atoms with E-state index < -0.39 is 107 Å². The molecule has 0 radical (unpaired) electrons.